The van der Waals surface area contributed by atoms with Crippen molar-refractivity contribution in [3.63, 3.8) is 0 Å². The first-order chi connectivity index (χ1) is 7.16. The van der Waals surface area contributed by atoms with Crippen LogP contribution in [0.3, 0.4) is 0 Å². The van der Waals surface area contributed by atoms with Crippen LogP contribution in [0.25, 0.3) is 0 Å². The van der Waals surface area contributed by atoms with Crippen LogP contribution in [0, 0.1) is 6.92 Å². The van der Waals surface area contributed by atoms with Crippen LogP contribution in [0.4, 0.5) is 0 Å². The molecule has 0 unspecified atom stereocenters. The normalized spacial score (nSPS) is 17.2. The average Bonchev–Trinajstić information content (AvgIpc) is 2.75. The molecule has 0 N–H and O–H groups in total. The Morgan fingerprint density at radius 2 is 2.20 bits per heavy atom. The summed E-state index contributed by atoms with van der Waals surface area (Å²) in [7, 11) is 0. The van der Waals surface area contributed by atoms with Crippen LogP contribution >= 0.6 is 0 Å². The second kappa shape index (κ2) is 4.17. The van der Waals surface area contributed by atoms with Crippen LogP contribution in [0.15, 0.2) is 6.20 Å². The van der Waals surface area contributed by atoms with Crippen molar-refractivity contribution in [2.24, 2.45) is 0 Å². The molecule has 1 aromatic rings. The van der Waals surface area contributed by atoms with E-state index in [0.717, 1.165) is 11.3 Å². The zero-order valence-corrected chi connectivity index (χ0v) is 9.49. The molecule has 3 nitrogen and oxygen atoms in total. The fraction of sp³-hybridized carbons (Fsp3) is 0.667. The van der Waals surface area contributed by atoms with Gasteiger partial charge in [0.1, 0.15) is 5.78 Å². The van der Waals surface area contributed by atoms with E-state index in [9.17, 15) is 4.79 Å². The number of aryl methyl sites for hydroxylation is 1. The molecule has 1 aliphatic rings. The predicted octanol–water partition coefficient (Wildman–Crippen LogP) is 2.44. The molecule has 1 aliphatic carbocycles. The molecule has 0 aromatic carbocycles. The summed E-state index contributed by atoms with van der Waals surface area (Å²) >= 11 is 0. The van der Waals surface area contributed by atoms with Gasteiger partial charge in [-0.05, 0) is 26.7 Å². The van der Waals surface area contributed by atoms with Gasteiger partial charge < -0.3 is 0 Å². The minimum absolute atomic E-state index is 0.212. The number of aromatic nitrogens is 2. The summed E-state index contributed by atoms with van der Waals surface area (Å²) in [5.41, 5.74) is 2.10. The standard InChI is InChI=1S/C12H18N2O/c1-9(15)7-11-8-14(13-10(11)2)12-5-3-4-6-12/h8,12H,3-7H2,1-2H3. The first kappa shape index (κ1) is 10.4. The molecule has 1 heterocycles. The van der Waals surface area contributed by atoms with Crippen molar-refractivity contribution in [1.29, 1.82) is 0 Å². The third-order valence-corrected chi connectivity index (χ3v) is 3.16. The summed E-state index contributed by atoms with van der Waals surface area (Å²) in [6, 6.07) is 0.574. The summed E-state index contributed by atoms with van der Waals surface area (Å²) < 4.78 is 2.07. The van der Waals surface area contributed by atoms with Crippen LogP contribution < -0.4 is 0 Å². The number of rotatable bonds is 3. The van der Waals surface area contributed by atoms with Crippen molar-refractivity contribution in [2.75, 3.05) is 0 Å². The van der Waals surface area contributed by atoms with Gasteiger partial charge in [-0.25, -0.2) is 0 Å². The summed E-state index contributed by atoms with van der Waals surface area (Å²) in [5.74, 6) is 0.212. The lowest BCUT2D eigenvalue weighted by atomic mass is 10.1. The molecule has 15 heavy (non-hydrogen) atoms. The fourth-order valence-electron chi connectivity index (χ4n) is 2.32. The molecule has 0 atom stereocenters. The van der Waals surface area contributed by atoms with Gasteiger partial charge in [-0.3, -0.25) is 9.48 Å². The molecule has 3 heteroatoms. The third kappa shape index (κ3) is 2.28. The Labute approximate surface area is 90.5 Å². The van der Waals surface area contributed by atoms with Gasteiger partial charge in [-0.2, -0.15) is 5.10 Å². The maximum absolute atomic E-state index is 11.1. The molecule has 1 aromatic heterocycles. The summed E-state index contributed by atoms with van der Waals surface area (Å²) in [6.45, 7) is 3.62. The highest BCUT2D eigenvalue weighted by Gasteiger charge is 2.18. The van der Waals surface area contributed by atoms with E-state index in [1.165, 1.54) is 25.7 Å². The quantitative estimate of drug-likeness (QED) is 0.761. The molecule has 82 valence electrons. The Morgan fingerprint density at radius 3 is 2.80 bits per heavy atom. The van der Waals surface area contributed by atoms with Gasteiger partial charge in [-0.1, -0.05) is 12.8 Å². The molecule has 0 bridgehead atoms. The first-order valence-corrected chi connectivity index (χ1v) is 5.71. The first-order valence-electron chi connectivity index (χ1n) is 5.71. The lowest BCUT2D eigenvalue weighted by molar-refractivity contribution is -0.116. The fourth-order valence-corrected chi connectivity index (χ4v) is 2.32. The number of hydrogen-bond acceptors (Lipinski definition) is 2. The molecule has 0 radical (unpaired) electrons. The molecule has 1 saturated carbocycles. The molecule has 0 aliphatic heterocycles. The van der Waals surface area contributed by atoms with E-state index in [2.05, 4.69) is 16.0 Å². The molecule has 0 saturated heterocycles. The summed E-state index contributed by atoms with van der Waals surface area (Å²) in [4.78, 5) is 11.1. The van der Waals surface area contributed by atoms with Gasteiger partial charge in [0.25, 0.3) is 0 Å². The van der Waals surface area contributed by atoms with Crippen LogP contribution in [-0.2, 0) is 11.2 Å². The maximum Gasteiger partial charge on any atom is 0.134 e. The lowest BCUT2D eigenvalue weighted by Gasteiger charge is -2.08. The molecule has 0 amide bonds. The second-order valence-corrected chi connectivity index (χ2v) is 4.54. The number of hydrogen-bond donors (Lipinski definition) is 0. The van der Waals surface area contributed by atoms with Crippen molar-refractivity contribution >= 4 is 5.78 Å². The summed E-state index contributed by atoms with van der Waals surface area (Å²) in [5, 5.41) is 4.51. The molecular weight excluding hydrogens is 188 g/mol. The molecule has 0 spiro atoms. The van der Waals surface area contributed by atoms with E-state index in [1.807, 2.05) is 6.92 Å². The Morgan fingerprint density at radius 1 is 1.53 bits per heavy atom. The number of ketones is 1. The van der Waals surface area contributed by atoms with Gasteiger partial charge in [0.2, 0.25) is 0 Å². The van der Waals surface area contributed by atoms with Crippen LogP contribution in [0.5, 0.6) is 0 Å². The Balaban J connectivity index is 2.16. The van der Waals surface area contributed by atoms with Gasteiger partial charge in [0.15, 0.2) is 0 Å². The van der Waals surface area contributed by atoms with Crippen LogP contribution in [0.1, 0.15) is 49.9 Å². The minimum atomic E-state index is 0.212. The van der Waals surface area contributed by atoms with Crippen LogP contribution in [-0.4, -0.2) is 15.6 Å². The molecule has 1 fully saturated rings. The zero-order chi connectivity index (χ0) is 10.8. The number of carbonyl (C=O) groups excluding carboxylic acids is 1. The minimum Gasteiger partial charge on any atom is -0.300 e. The molecule has 2 rings (SSSR count). The number of Topliss-reactive ketones (excluding diaryl/α,β-unsaturated/α-hetero) is 1. The number of nitrogens with zero attached hydrogens (tertiary/aromatic N) is 2. The van der Waals surface area contributed by atoms with Crippen molar-refractivity contribution < 1.29 is 4.79 Å². The van der Waals surface area contributed by atoms with E-state index in [0.29, 0.717) is 12.5 Å². The van der Waals surface area contributed by atoms with E-state index >= 15 is 0 Å². The van der Waals surface area contributed by atoms with Gasteiger partial charge in [-0.15, -0.1) is 0 Å². The van der Waals surface area contributed by atoms with Crippen molar-refractivity contribution in [3.8, 4) is 0 Å². The Kier molecular flexibility index (Phi) is 2.89. The van der Waals surface area contributed by atoms with Gasteiger partial charge in [0, 0.05) is 18.2 Å². The van der Waals surface area contributed by atoms with Crippen molar-refractivity contribution in [1.82, 2.24) is 9.78 Å². The second-order valence-electron chi connectivity index (χ2n) is 4.54. The smallest absolute Gasteiger partial charge is 0.134 e. The Hall–Kier alpha value is -1.12. The number of carbonyl (C=O) groups is 1. The SMILES string of the molecule is CC(=O)Cc1cn(C2CCCC2)nc1C. The highest BCUT2D eigenvalue weighted by molar-refractivity contribution is 5.78. The van der Waals surface area contributed by atoms with E-state index < -0.39 is 0 Å². The Bertz CT molecular complexity index is 362. The van der Waals surface area contributed by atoms with E-state index in [-0.39, 0.29) is 5.78 Å². The van der Waals surface area contributed by atoms with Gasteiger partial charge in [0.05, 0.1) is 11.7 Å². The third-order valence-electron chi connectivity index (χ3n) is 3.16. The molecular formula is C12H18N2O. The van der Waals surface area contributed by atoms with Gasteiger partial charge >= 0.3 is 0 Å². The average molecular weight is 206 g/mol. The monoisotopic (exact) mass is 206 g/mol. The van der Waals surface area contributed by atoms with E-state index in [4.69, 9.17) is 0 Å². The predicted molar refractivity (Wildman–Crippen MR) is 58.9 cm³/mol. The largest absolute Gasteiger partial charge is 0.300 e. The van der Waals surface area contributed by atoms with E-state index in [1.54, 1.807) is 6.92 Å². The van der Waals surface area contributed by atoms with Crippen molar-refractivity contribution in [2.45, 2.75) is 52.0 Å². The highest BCUT2D eigenvalue weighted by Crippen LogP contribution is 2.29. The maximum atomic E-state index is 11.1. The lowest BCUT2D eigenvalue weighted by Crippen LogP contribution is -2.04. The zero-order valence-electron chi connectivity index (χ0n) is 9.49. The topological polar surface area (TPSA) is 34.9 Å². The highest BCUT2D eigenvalue weighted by atomic mass is 16.1. The summed E-state index contributed by atoms with van der Waals surface area (Å²) in [6.07, 6.45) is 7.68. The van der Waals surface area contributed by atoms with Crippen molar-refractivity contribution in [3.05, 3.63) is 17.5 Å². The van der Waals surface area contributed by atoms with Crippen LogP contribution in [0.2, 0.25) is 0 Å².